The summed E-state index contributed by atoms with van der Waals surface area (Å²) in [5.74, 6) is 0. The van der Waals surface area contributed by atoms with Crippen molar-refractivity contribution < 1.29 is 0 Å². The number of rotatable bonds is 0. The number of allylic oxidation sites excluding steroid dienone is 3. The molecule has 1 heteroatoms. The van der Waals surface area contributed by atoms with Crippen LogP contribution in [0.5, 0.6) is 0 Å². The molecule has 0 amide bonds. The van der Waals surface area contributed by atoms with Crippen LogP contribution in [0.3, 0.4) is 0 Å². The molecular formula is C9H11N. The molecule has 0 fully saturated rings. The van der Waals surface area contributed by atoms with Gasteiger partial charge in [0.25, 0.3) is 0 Å². The van der Waals surface area contributed by atoms with Crippen molar-refractivity contribution in [3.63, 3.8) is 0 Å². The Morgan fingerprint density at radius 2 is 2.30 bits per heavy atom. The standard InChI is InChI=1S/C9H11N/c1-10-7-6-8-4-2-3-5-9(8)10/h2,4-6H,3,7H2,1H3. The van der Waals surface area contributed by atoms with Gasteiger partial charge in [-0.3, -0.25) is 0 Å². The first-order valence-electron chi connectivity index (χ1n) is 3.66. The summed E-state index contributed by atoms with van der Waals surface area (Å²) in [6, 6.07) is 0. The van der Waals surface area contributed by atoms with Crippen LogP contribution < -0.4 is 0 Å². The average Bonchev–Trinajstić information content (AvgIpc) is 2.34. The highest BCUT2D eigenvalue weighted by atomic mass is 15.1. The monoisotopic (exact) mass is 133 g/mol. The van der Waals surface area contributed by atoms with Crippen molar-refractivity contribution >= 4 is 0 Å². The van der Waals surface area contributed by atoms with Gasteiger partial charge in [-0.1, -0.05) is 24.3 Å². The Morgan fingerprint density at radius 3 is 3.10 bits per heavy atom. The predicted molar refractivity (Wildman–Crippen MR) is 42.6 cm³/mol. The van der Waals surface area contributed by atoms with Gasteiger partial charge in [0, 0.05) is 19.3 Å². The van der Waals surface area contributed by atoms with E-state index in [4.69, 9.17) is 0 Å². The van der Waals surface area contributed by atoms with E-state index in [1.165, 1.54) is 11.3 Å². The summed E-state index contributed by atoms with van der Waals surface area (Å²) < 4.78 is 0. The van der Waals surface area contributed by atoms with E-state index in [1.54, 1.807) is 0 Å². The number of hydrogen-bond acceptors (Lipinski definition) is 1. The Morgan fingerprint density at radius 1 is 1.40 bits per heavy atom. The third kappa shape index (κ3) is 0.703. The van der Waals surface area contributed by atoms with Crippen LogP contribution in [0.15, 0.2) is 35.6 Å². The molecule has 0 aromatic heterocycles. The van der Waals surface area contributed by atoms with E-state index in [0.29, 0.717) is 0 Å². The Hall–Kier alpha value is -0.980. The molecule has 2 aliphatic rings. The van der Waals surface area contributed by atoms with Gasteiger partial charge in [0.1, 0.15) is 0 Å². The number of nitrogens with zero attached hydrogens (tertiary/aromatic N) is 1. The summed E-state index contributed by atoms with van der Waals surface area (Å²) in [6.07, 6.45) is 10.0. The molecule has 10 heavy (non-hydrogen) atoms. The molecular weight excluding hydrogens is 122 g/mol. The highest BCUT2D eigenvalue weighted by Gasteiger charge is 2.14. The Balaban J connectivity index is 2.35. The van der Waals surface area contributed by atoms with Crippen molar-refractivity contribution in [2.45, 2.75) is 6.42 Å². The van der Waals surface area contributed by atoms with Crippen LogP contribution in [0.1, 0.15) is 6.42 Å². The van der Waals surface area contributed by atoms with Crippen LogP contribution in [0.25, 0.3) is 0 Å². The van der Waals surface area contributed by atoms with Crippen molar-refractivity contribution in [1.82, 2.24) is 4.90 Å². The molecule has 1 heterocycles. The lowest BCUT2D eigenvalue weighted by atomic mass is 10.1. The van der Waals surface area contributed by atoms with Gasteiger partial charge in [-0.25, -0.2) is 0 Å². The Bertz CT molecular complexity index is 233. The molecule has 0 unspecified atom stereocenters. The van der Waals surface area contributed by atoms with Gasteiger partial charge in [0.2, 0.25) is 0 Å². The summed E-state index contributed by atoms with van der Waals surface area (Å²) in [5, 5.41) is 0. The van der Waals surface area contributed by atoms with Crippen LogP contribution in [0.2, 0.25) is 0 Å². The van der Waals surface area contributed by atoms with Crippen molar-refractivity contribution in [3.8, 4) is 0 Å². The molecule has 0 saturated carbocycles. The van der Waals surface area contributed by atoms with Crippen LogP contribution in [0, 0.1) is 0 Å². The topological polar surface area (TPSA) is 3.24 Å². The van der Waals surface area contributed by atoms with Gasteiger partial charge >= 0.3 is 0 Å². The maximum atomic E-state index is 2.28. The van der Waals surface area contributed by atoms with Crippen molar-refractivity contribution in [1.29, 1.82) is 0 Å². The molecule has 1 aliphatic heterocycles. The minimum absolute atomic E-state index is 1.07. The van der Waals surface area contributed by atoms with E-state index in [-0.39, 0.29) is 0 Å². The van der Waals surface area contributed by atoms with Gasteiger partial charge in [-0.2, -0.15) is 0 Å². The number of hydrogen-bond donors (Lipinski definition) is 0. The van der Waals surface area contributed by atoms with Crippen LogP contribution in [0.4, 0.5) is 0 Å². The summed E-state index contributed by atoms with van der Waals surface area (Å²) in [4.78, 5) is 2.28. The van der Waals surface area contributed by atoms with E-state index >= 15 is 0 Å². The second kappa shape index (κ2) is 2.01. The molecule has 1 aliphatic carbocycles. The SMILES string of the molecule is CN1CC=C2C=CCC=C21. The highest BCUT2D eigenvalue weighted by Crippen LogP contribution is 2.25. The van der Waals surface area contributed by atoms with Crippen molar-refractivity contribution in [2.24, 2.45) is 0 Å². The van der Waals surface area contributed by atoms with Crippen molar-refractivity contribution in [2.75, 3.05) is 13.6 Å². The normalized spacial score (nSPS) is 22.3. The largest absolute Gasteiger partial charge is 0.371 e. The first-order valence-corrected chi connectivity index (χ1v) is 3.66. The average molecular weight is 133 g/mol. The molecule has 0 aromatic rings. The Labute approximate surface area is 61.3 Å². The van der Waals surface area contributed by atoms with Crippen LogP contribution in [-0.2, 0) is 0 Å². The molecule has 0 atom stereocenters. The fraction of sp³-hybridized carbons (Fsp3) is 0.333. The van der Waals surface area contributed by atoms with E-state index in [1.807, 2.05) is 0 Å². The van der Waals surface area contributed by atoms with E-state index < -0.39 is 0 Å². The second-order valence-corrected chi connectivity index (χ2v) is 2.77. The fourth-order valence-electron chi connectivity index (χ4n) is 1.46. The lowest BCUT2D eigenvalue weighted by molar-refractivity contribution is 0.495. The molecule has 0 spiro atoms. The van der Waals surface area contributed by atoms with Crippen LogP contribution in [-0.4, -0.2) is 18.5 Å². The van der Waals surface area contributed by atoms with Crippen molar-refractivity contribution in [3.05, 3.63) is 35.6 Å². The van der Waals surface area contributed by atoms with Gasteiger partial charge < -0.3 is 4.90 Å². The molecule has 1 nitrogen and oxygen atoms in total. The summed E-state index contributed by atoms with van der Waals surface area (Å²) in [6.45, 7) is 1.07. The van der Waals surface area contributed by atoms with E-state index in [0.717, 1.165) is 13.0 Å². The van der Waals surface area contributed by atoms with Gasteiger partial charge in [0.15, 0.2) is 0 Å². The van der Waals surface area contributed by atoms with Gasteiger partial charge in [0.05, 0.1) is 0 Å². The second-order valence-electron chi connectivity index (χ2n) is 2.77. The molecule has 0 N–H and O–H groups in total. The first-order chi connectivity index (χ1) is 4.88. The zero-order chi connectivity index (χ0) is 6.97. The zero-order valence-electron chi connectivity index (χ0n) is 6.17. The molecule has 0 aromatic carbocycles. The smallest absolute Gasteiger partial charge is 0.0399 e. The van der Waals surface area contributed by atoms with Gasteiger partial charge in [-0.05, 0) is 12.0 Å². The molecule has 0 saturated heterocycles. The maximum absolute atomic E-state index is 2.28. The quantitative estimate of drug-likeness (QED) is 0.486. The van der Waals surface area contributed by atoms with E-state index in [2.05, 4.69) is 36.3 Å². The third-order valence-corrected chi connectivity index (χ3v) is 2.04. The fourth-order valence-corrected chi connectivity index (χ4v) is 1.46. The third-order valence-electron chi connectivity index (χ3n) is 2.04. The lowest BCUT2D eigenvalue weighted by Crippen LogP contribution is -2.12. The summed E-state index contributed by atoms with van der Waals surface area (Å²) in [5.41, 5.74) is 2.80. The molecule has 0 radical (unpaired) electrons. The first kappa shape index (κ1) is 5.78. The highest BCUT2D eigenvalue weighted by molar-refractivity contribution is 5.45. The lowest BCUT2D eigenvalue weighted by Gasteiger charge is -2.16. The molecule has 52 valence electrons. The minimum atomic E-state index is 1.07. The molecule has 2 rings (SSSR count). The zero-order valence-corrected chi connectivity index (χ0v) is 6.17. The Kier molecular flexibility index (Phi) is 1.16. The summed E-state index contributed by atoms with van der Waals surface area (Å²) in [7, 11) is 2.13. The maximum Gasteiger partial charge on any atom is 0.0399 e. The predicted octanol–water partition coefficient (Wildman–Crippen LogP) is 1.70. The van der Waals surface area contributed by atoms with Gasteiger partial charge in [-0.15, -0.1) is 0 Å². The minimum Gasteiger partial charge on any atom is -0.371 e. The summed E-state index contributed by atoms with van der Waals surface area (Å²) >= 11 is 0. The number of likely N-dealkylation sites (N-methyl/N-ethyl adjacent to an activating group) is 1. The van der Waals surface area contributed by atoms with Crippen LogP contribution >= 0.6 is 0 Å². The van der Waals surface area contributed by atoms with E-state index in [9.17, 15) is 0 Å². The molecule has 0 bridgehead atoms. The number of fused-ring (bicyclic) bond motifs is 1.